The molecule has 0 aliphatic heterocycles. The number of anilines is 1. The Morgan fingerprint density at radius 2 is 1.85 bits per heavy atom. The van der Waals surface area contributed by atoms with E-state index in [1.54, 1.807) is 0 Å². The lowest BCUT2D eigenvalue weighted by atomic mass is 10.1. The largest absolute Gasteiger partial charge is 0.452 e. The van der Waals surface area contributed by atoms with Crippen LogP contribution in [-0.2, 0) is 9.53 Å². The summed E-state index contributed by atoms with van der Waals surface area (Å²) in [5.41, 5.74) is 2.30. The highest BCUT2D eigenvalue weighted by atomic mass is 79.9. The molecule has 27 heavy (non-hydrogen) atoms. The van der Waals surface area contributed by atoms with Crippen LogP contribution in [0.15, 0.2) is 40.9 Å². The van der Waals surface area contributed by atoms with Crippen LogP contribution in [0.4, 0.5) is 10.1 Å². The van der Waals surface area contributed by atoms with Crippen molar-refractivity contribution in [2.45, 2.75) is 20.3 Å². The lowest BCUT2D eigenvalue weighted by Gasteiger charge is -2.22. The summed E-state index contributed by atoms with van der Waals surface area (Å²) in [6, 6.07) is 11.5. The van der Waals surface area contributed by atoms with E-state index in [-0.39, 0.29) is 18.5 Å². The average molecular weight is 433 g/mol. The zero-order valence-corrected chi connectivity index (χ0v) is 16.5. The number of nitriles is 1. The van der Waals surface area contributed by atoms with Crippen molar-refractivity contribution >= 4 is 33.5 Å². The van der Waals surface area contributed by atoms with Gasteiger partial charge in [-0.3, -0.25) is 4.79 Å². The van der Waals surface area contributed by atoms with E-state index >= 15 is 0 Å². The maximum atomic E-state index is 13.8. The van der Waals surface area contributed by atoms with E-state index in [2.05, 4.69) is 15.9 Å². The van der Waals surface area contributed by atoms with Gasteiger partial charge in [0.2, 0.25) is 0 Å². The molecule has 0 aliphatic rings. The van der Waals surface area contributed by atoms with Crippen molar-refractivity contribution in [2.24, 2.45) is 0 Å². The number of amides is 1. The van der Waals surface area contributed by atoms with Crippen LogP contribution in [0.2, 0.25) is 0 Å². The third-order valence-corrected chi connectivity index (χ3v) is 4.23. The number of nitrogens with zero attached hydrogens (tertiary/aromatic N) is 2. The molecule has 0 heterocycles. The van der Waals surface area contributed by atoms with Crippen molar-refractivity contribution in [1.29, 1.82) is 5.26 Å². The van der Waals surface area contributed by atoms with Gasteiger partial charge < -0.3 is 9.64 Å². The van der Waals surface area contributed by atoms with Gasteiger partial charge in [0.25, 0.3) is 5.91 Å². The number of esters is 1. The van der Waals surface area contributed by atoms with E-state index in [9.17, 15) is 14.0 Å². The molecule has 0 fully saturated rings. The minimum Gasteiger partial charge on any atom is -0.452 e. The monoisotopic (exact) mass is 432 g/mol. The van der Waals surface area contributed by atoms with Crippen LogP contribution < -0.4 is 4.90 Å². The standard InChI is InChI=1S/C20H18BrFN2O3/c1-13-8-14(2)10-16(9-13)24(7-3-6-23)19(25)12-27-20(26)17-11-15(21)4-5-18(17)22/h4-5,8-11H,3,7,12H2,1-2H3. The van der Waals surface area contributed by atoms with Crippen molar-refractivity contribution in [3.63, 3.8) is 0 Å². The van der Waals surface area contributed by atoms with Crippen LogP contribution in [0.3, 0.4) is 0 Å². The molecule has 7 heteroatoms. The molecule has 0 unspecified atom stereocenters. The Hall–Kier alpha value is -2.72. The third kappa shape index (κ3) is 5.63. The molecule has 0 N–H and O–H groups in total. The Labute approximate surface area is 165 Å². The zero-order valence-electron chi connectivity index (χ0n) is 15.0. The van der Waals surface area contributed by atoms with Gasteiger partial charge in [0, 0.05) is 16.7 Å². The first-order chi connectivity index (χ1) is 12.8. The quantitative estimate of drug-likeness (QED) is 0.637. The molecule has 0 saturated carbocycles. The maximum absolute atomic E-state index is 13.8. The lowest BCUT2D eigenvalue weighted by molar-refractivity contribution is -0.121. The summed E-state index contributed by atoms with van der Waals surface area (Å²) in [5, 5.41) is 8.86. The summed E-state index contributed by atoms with van der Waals surface area (Å²) in [5.74, 6) is -2.15. The molecular formula is C20H18BrFN2O3. The van der Waals surface area contributed by atoms with E-state index in [0.717, 1.165) is 17.2 Å². The zero-order chi connectivity index (χ0) is 20.0. The van der Waals surface area contributed by atoms with Crippen molar-refractivity contribution < 1.29 is 18.7 Å². The average Bonchev–Trinajstić information content (AvgIpc) is 2.61. The van der Waals surface area contributed by atoms with E-state index in [0.29, 0.717) is 10.2 Å². The van der Waals surface area contributed by atoms with Crippen LogP contribution in [0, 0.1) is 31.0 Å². The first kappa shape index (κ1) is 20.6. The second kappa shape index (κ2) is 9.28. The number of benzene rings is 2. The minimum atomic E-state index is -0.928. The van der Waals surface area contributed by atoms with E-state index < -0.39 is 24.3 Å². The first-order valence-corrected chi connectivity index (χ1v) is 8.99. The maximum Gasteiger partial charge on any atom is 0.341 e. The van der Waals surface area contributed by atoms with Gasteiger partial charge in [-0.15, -0.1) is 0 Å². The van der Waals surface area contributed by atoms with Gasteiger partial charge >= 0.3 is 5.97 Å². The van der Waals surface area contributed by atoms with E-state index in [4.69, 9.17) is 10.00 Å². The Morgan fingerprint density at radius 1 is 1.19 bits per heavy atom. The van der Waals surface area contributed by atoms with Gasteiger partial charge in [-0.1, -0.05) is 22.0 Å². The molecule has 2 aromatic rings. The molecular weight excluding hydrogens is 415 g/mol. The predicted octanol–water partition coefficient (Wildman–Crippen LogP) is 4.31. The van der Waals surface area contributed by atoms with Gasteiger partial charge in [-0.05, 0) is 55.3 Å². The second-order valence-electron chi connectivity index (χ2n) is 6.00. The lowest BCUT2D eigenvalue weighted by Crippen LogP contribution is -2.35. The number of carbonyl (C=O) groups is 2. The summed E-state index contributed by atoms with van der Waals surface area (Å²) in [4.78, 5) is 26.1. The topological polar surface area (TPSA) is 70.4 Å². The first-order valence-electron chi connectivity index (χ1n) is 8.19. The van der Waals surface area contributed by atoms with Crippen LogP contribution in [0.25, 0.3) is 0 Å². The number of carbonyl (C=O) groups excluding carboxylic acids is 2. The highest BCUT2D eigenvalue weighted by Gasteiger charge is 2.20. The molecule has 0 bridgehead atoms. The Kier molecular flexibility index (Phi) is 7.08. The molecule has 1 amide bonds. The fourth-order valence-corrected chi connectivity index (χ4v) is 2.96. The Morgan fingerprint density at radius 3 is 2.48 bits per heavy atom. The molecule has 0 aliphatic carbocycles. The third-order valence-electron chi connectivity index (χ3n) is 3.74. The molecule has 2 rings (SSSR count). The van der Waals surface area contributed by atoms with Crippen molar-refractivity contribution in [1.82, 2.24) is 0 Å². The number of ether oxygens (including phenoxy) is 1. The molecule has 140 valence electrons. The van der Waals surface area contributed by atoms with Crippen LogP contribution >= 0.6 is 15.9 Å². The summed E-state index contributed by atoms with van der Waals surface area (Å²) < 4.78 is 19.3. The minimum absolute atomic E-state index is 0.132. The van der Waals surface area contributed by atoms with Gasteiger partial charge in [-0.25, -0.2) is 9.18 Å². The Bertz CT molecular complexity index is 888. The van der Waals surface area contributed by atoms with Crippen molar-refractivity contribution in [3.05, 3.63) is 63.4 Å². The van der Waals surface area contributed by atoms with Crippen LogP contribution in [0.1, 0.15) is 27.9 Å². The fraction of sp³-hybridized carbons (Fsp3) is 0.250. The SMILES string of the molecule is Cc1cc(C)cc(N(CCC#N)C(=O)COC(=O)c2cc(Br)ccc2F)c1. The normalized spacial score (nSPS) is 10.2. The number of hydrogen-bond acceptors (Lipinski definition) is 4. The smallest absolute Gasteiger partial charge is 0.341 e. The Balaban J connectivity index is 2.15. The van der Waals surface area contributed by atoms with Gasteiger partial charge in [-0.2, -0.15) is 5.26 Å². The fourth-order valence-electron chi connectivity index (χ4n) is 2.60. The molecule has 0 spiro atoms. The van der Waals surface area contributed by atoms with Gasteiger partial charge in [0.05, 0.1) is 18.1 Å². The van der Waals surface area contributed by atoms with E-state index in [1.165, 1.54) is 17.0 Å². The molecule has 5 nitrogen and oxygen atoms in total. The molecule has 2 aromatic carbocycles. The number of halogens is 2. The summed E-state index contributed by atoms with van der Waals surface area (Å²) in [6.07, 6.45) is 0.132. The number of rotatable bonds is 6. The number of hydrogen-bond donors (Lipinski definition) is 0. The van der Waals surface area contributed by atoms with Crippen LogP contribution in [-0.4, -0.2) is 25.0 Å². The van der Waals surface area contributed by atoms with Crippen LogP contribution in [0.5, 0.6) is 0 Å². The molecule has 0 saturated heterocycles. The summed E-state index contributed by atoms with van der Waals surface area (Å²) in [6.45, 7) is 3.42. The molecule has 0 atom stereocenters. The molecule has 0 aromatic heterocycles. The highest BCUT2D eigenvalue weighted by Crippen LogP contribution is 2.20. The second-order valence-corrected chi connectivity index (χ2v) is 6.92. The predicted molar refractivity (Wildman–Crippen MR) is 103 cm³/mol. The van der Waals surface area contributed by atoms with Crippen molar-refractivity contribution in [2.75, 3.05) is 18.1 Å². The summed E-state index contributed by atoms with van der Waals surface area (Å²) >= 11 is 3.16. The molecule has 0 radical (unpaired) electrons. The highest BCUT2D eigenvalue weighted by molar-refractivity contribution is 9.10. The van der Waals surface area contributed by atoms with Gasteiger partial charge in [0.15, 0.2) is 6.61 Å². The van der Waals surface area contributed by atoms with E-state index in [1.807, 2.05) is 38.1 Å². The number of aryl methyl sites for hydroxylation is 2. The van der Waals surface area contributed by atoms with Crippen molar-refractivity contribution in [3.8, 4) is 6.07 Å². The van der Waals surface area contributed by atoms with Gasteiger partial charge in [0.1, 0.15) is 5.82 Å². The summed E-state index contributed by atoms with van der Waals surface area (Å²) in [7, 11) is 0.